The number of nitrogens with zero attached hydrogens (tertiary/aromatic N) is 1. The topological polar surface area (TPSA) is 62.2 Å². The van der Waals surface area contributed by atoms with Crippen LogP contribution in [0.15, 0.2) is 22.1 Å². The fourth-order valence-electron chi connectivity index (χ4n) is 1.71. The van der Waals surface area contributed by atoms with E-state index in [1.54, 1.807) is 0 Å². The lowest BCUT2D eigenvalue weighted by Gasteiger charge is -2.12. The average molecular weight is 327 g/mol. The third-order valence-electron chi connectivity index (χ3n) is 2.51. The van der Waals surface area contributed by atoms with Gasteiger partial charge in [0.1, 0.15) is 5.00 Å². The van der Waals surface area contributed by atoms with Gasteiger partial charge >= 0.3 is 5.97 Å². The quantitative estimate of drug-likeness (QED) is 0.896. The summed E-state index contributed by atoms with van der Waals surface area (Å²) < 4.78 is 1.01. The molecular weight excluding hydrogens is 316 g/mol. The van der Waals surface area contributed by atoms with E-state index < -0.39 is 5.97 Å². The van der Waals surface area contributed by atoms with Crippen LogP contribution in [-0.2, 0) is 0 Å². The minimum absolute atomic E-state index is 0.0571. The van der Waals surface area contributed by atoms with Crippen molar-refractivity contribution < 1.29 is 9.90 Å². The number of carbonyl (C=O) groups is 1. The summed E-state index contributed by atoms with van der Waals surface area (Å²) in [5, 5.41) is 12.7. The van der Waals surface area contributed by atoms with E-state index in [1.807, 2.05) is 26.0 Å². The lowest BCUT2D eigenvalue weighted by atomic mass is 10.1. The van der Waals surface area contributed by atoms with Gasteiger partial charge in [-0.25, -0.2) is 9.78 Å². The largest absolute Gasteiger partial charge is 0.476 e. The molecule has 0 aliphatic heterocycles. The number of aromatic nitrogens is 1. The van der Waals surface area contributed by atoms with Crippen molar-refractivity contribution in [1.82, 2.24) is 4.98 Å². The van der Waals surface area contributed by atoms with Crippen LogP contribution in [0, 0.1) is 13.8 Å². The van der Waals surface area contributed by atoms with Gasteiger partial charge in [0.25, 0.3) is 0 Å². The molecule has 1 aromatic carbocycles. The highest BCUT2D eigenvalue weighted by Gasteiger charge is 2.15. The molecule has 6 heteroatoms. The van der Waals surface area contributed by atoms with E-state index in [0.717, 1.165) is 21.3 Å². The number of carboxylic acid groups (broad SMARTS) is 1. The molecule has 4 nitrogen and oxygen atoms in total. The normalized spacial score (nSPS) is 10.4. The summed E-state index contributed by atoms with van der Waals surface area (Å²) >= 11 is 4.71. The Labute approximate surface area is 117 Å². The number of benzene rings is 1. The number of anilines is 2. The van der Waals surface area contributed by atoms with Crippen molar-refractivity contribution in [2.45, 2.75) is 13.8 Å². The molecule has 0 spiro atoms. The number of thiazole rings is 1. The van der Waals surface area contributed by atoms with Crippen molar-refractivity contribution >= 4 is 43.9 Å². The summed E-state index contributed by atoms with van der Waals surface area (Å²) in [4.78, 5) is 14.8. The molecule has 2 rings (SSSR count). The molecule has 0 bridgehead atoms. The number of aromatic carboxylic acids is 1. The third-order valence-corrected chi connectivity index (χ3v) is 3.71. The first-order valence-corrected chi connectivity index (χ1v) is 6.87. The van der Waals surface area contributed by atoms with E-state index in [2.05, 4.69) is 26.2 Å². The first-order chi connectivity index (χ1) is 8.49. The van der Waals surface area contributed by atoms with Crippen molar-refractivity contribution in [3.63, 3.8) is 0 Å². The van der Waals surface area contributed by atoms with E-state index >= 15 is 0 Å². The minimum atomic E-state index is -1.02. The van der Waals surface area contributed by atoms with E-state index in [4.69, 9.17) is 5.11 Å². The summed E-state index contributed by atoms with van der Waals surface area (Å²) in [5.74, 6) is -1.02. The lowest BCUT2D eigenvalue weighted by molar-refractivity contribution is 0.0692. The second kappa shape index (κ2) is 5.07. The molecule has 0 aliphatic carbocycles. The minimum Gasteiger partial charge on any atom is -0.476 e. The van der Waals surface area contributed by atoms with Crippen molar-refractivity contribution in [2.24, 2.45) is 0 Å². The highest BCUT2D eigenvalue weighted by atomic mass is 79.9. The molecule has 18 heavy (non-hydrogen) atoms. The van der Waals surface area contributed by atoms with Gasteiger partial charge in [0.05, 0.1) is 5.51 Å². The van der Waals surface area contributed by atoms with Crippen LogP contribution in [0.5, 0.6) is 0 Å². The number of halogens is 1. The van der Waals surface area contributed by atoms with Gasteiger partial charge in [-0.05, 0) is 37.1 Å². The van der Waals surface area contributed by atoms with Gasteiger partial charge in [0.2, 0.25) is 0 Å². The Balaban J connectivity index is 2.40. The van der Waals surface area contributed by atoms with Gasteiger partial charge in [-0.15, -0.1) is 11.3 Å². The second-order valence-corrected chi connectivity index (χ2v) is 5.65. The Morgan fingerprint density at radius 2 is 2.00 bits per heavy atom. The Morgan fingerprint density at radius 3 is 2.56 bits per heavy atom. The van der Waals surface area contributed by atoms with Gasteiger partial charge in [0, 0.05) is 10.2 Å². The predicted molar refractivity (Wildman–Crippen MR) is 76.0 cm³/mol. The Bertz CT molecular complexity index is 587. The summed E-state index contributed by atoms with van der Waals surface area (Å²) in [7, 11) is 0. The van der Waals surface area contributed by atoms with Gasteiger partial charge in [0.15, 0.2) is 5.69 Å². The van der Waals surface area contributed by atoms with Crippen LogP contribution in [0.2, 0.25) is 0 Å². The van der Waals surface area contributed by atoms with E-state index in [0.29, 0.717) is 5.00 Å². The standard InChI is InChI=1S/C12H11BrN2O2S/c1-6-3-8(13)4-7(2)9(6)15-11-10(12(16)17)14-5-18-11/h3-5,15H,1-2H3,(H,16,17). The molecule has 1 aromatic heterocycles. The fourth-order valence-corrected chi connectivity index (χ4v) is 3.07. The number of hydrogen-bond donors (Lipinski definition) is 2. The summed E-state index contributed by atoms with van der Waals surface area (Å²) in [5.41, 5.74) is 4.60. The second-order valence-electron chi connectivity index (χ2n) is 3.87. The zero-order valence-corrected chi connectivity index (χ0v) is 12.2. The zero-order chi connectivity index (χ0) is 13.3. The van der Waals surface area contributed by atoms with Crippen LogP contribution in [0.1, 0.15) is 21.6 Å². The first-order valence-electron chi connectivity index (χ1n) is 5.19. The maximum atomic E-state index is 11.0. The van der Waals surface area contributed by atoms with Crippen LogP contribution < -0.4 is 5.32 Å². The maximum absolute atomic E-state index is 11.0. The number of aryl methyl sites for hydroxylation is 2. The molecule has 0 amide bonds. The molecule has 94 valence electrons. The molecule has 0 radical (unpaired) electrons. The molecule has 0 saturated heterocycles. The summed E-state index contributed by atoms with van der Waals surface area (Å²) in [6, 6.07) is 3.97. The van der Waals surface area contributed by atoms with Crippen molar-refractivity contribution in [3.05, 3.63) is 38.9 Å². The molecule has 0 unspecified atom stereocenters. The number of carboxylic acids is 1. The number of hydrogen-bond acceptors (Lipinski definition) is 4. The van der Waals surface area contributed by atoms with Crippen LogP contribution in [0.25, 0.3) is 0 Å². The Hall–Kier alpha value is -1.40. The van der Waals surface area contributed by atoms with Crippen molar-refractivity contribution in [3.8, 4) is 0 Å². The summed E-state index contributed by atoms with van der Waals surface area (Å²) in [6.45, 7) is 3.95. The molecular formula is C12H11BrN2O2S. The SMILES string of the molecule is Cc1cc(Br)cc(C)c1Nc1scnc1C(=O)O. The molecule has 2 N–H and O–H groups in total. The molecule has 0 aliphatic rings. The van der Waals surface area contributed by atoms with E-state index in [1.165, 1.54) is 16.8 Å². The van der Waals surface area contributed by atoms with Gasteiger partial charge in [-0.2, -0.15) is 0 Å². The van der Waals surface area contributed by atoms with E-state index in [9.17, 15) is 4.79 Å². The molecule has 0 atom stereocenters. The maximum Gasteiger partial charge on any atom is 0.357 e. The van der Waals surface area contributed by atoms with Crippen LogP contribution in [-0.4, -0.2) is 16.1 Å². The number of rotatable bonds is 3. The van der Waals surface area contributed by atoms with Crippen LogP contribution in [0.4, 0.5) is 10.7 Å². The highest BCUT2D eigenvalue weighted by molar-refractivity contribution is 9.10. The average Bonchev–Trinajstić information content (AvgIpc) is 2.71. The first kappa shape index (κ1) is 13.0. The molecule has 2 aromatic rings. The summed E-state index contributed by atoms with van der Waals surface area (Å²) in [6.07, 6.45) is 0. The fraction of sp³-hybridized carbons (Fsp3) is 0.167. The van der Waals surface area contributed by atoms with Gasteiger partial charge < -0.3 is 10.4 Å². The monoisotopic (exact) mass is 326 g/mol. The van der Waals surface area contributed by atoms with Gasteiger partial charge in [-0.3, -0.25) is 0 Å². The van der Waals surface area contributed by atoms with Crippen LogP contribution in [0.3, 0.4) is 0 Å². The third kappa shape index (κ3) is 2.54. The molecule has 0 saturated carbocycles. The predicted octanol–water partition coefficient (Wildman–Crippen LogP) is 3.96. The Kier molecular flexibility index (Phi) is 3.68. The van der Waals surface area contributed by atoms with Crippen molar-refractivity contribution in [1.29, 1.82) is 0 Å². The van der Waals surface area contributed by atoms with Crippen molar-refractivity contribution in [2.75, 3.05) is 5.32 Å². The van der Waals surface area contributed by atoms with Crippen LogP contribution >= 0.6 is 27.3 Å². The number of nitrogens with one attached hydrogen (secondary N) is 1. The Morgan fingerprint density at radius 1 is 1.39 bits per heavy atom. The van der Waals surface area contributed by atoms with Gasteiger partial charge in [-0.1, -0.05) is 15.9 Å². The lowest BCUT2D eigenvalue weighted by Crippen LogP contribution is -2.02. The molecule has 0 fully saturated rings. The zero-order valence-electron chi connectivity index (χ0n) is 9.82. The molecule has 1 heterocycles. The highest BCUT2D eigenvalue weighted by Crippen LogP contribution is 2.31. The smallest absolute Gasteiger partial charge is 0.357 e. The van der Waals surface area contributed by atoms with E-state index in [-0.39, 0.29) is 5.69 Å².